The molecule has 7 nitrogen and oxygen atoms in total. The molecule has 0 aliphatic carbocycles. The molecule has 0 aromatic heterocycles. The predicted molar refractivity (Wildman–Crippen MR) is 2.46 cm³/mol. The van der Waals surface area contributed by atoms with E-state index in [0.29, 0.717) is 0 Å². The fraction of sp³-hybridized carbons (Fsp3) is 0. The second-order valence-electron chi connectivity index (χ2n) is 0.976. The molecule has 13 heavy (non-hydrogen) atoms. The van der Waals surface area contributed by atoms with Crippen molar-refractivity contribution in [3.8, 4) is 0 Å². The molecule has 0 aliphatic rings. The predicted octanol–water partition coefficient (Wildman–Crippen LogP) is -17.1. The third-order valence-electron chi connectivity index (χ3n) is 0.200. The van der Waals surface area contributed by atoms with Crippen molar-refractivity contribution >= 4 is 0 Å². The summed E-state index contributed by atoms with van der Waals surface area (Å²) < 4.78 is 59.0. The molecule has 13 heteroatoms. The van der Waals surface area contributed by atoms with Gasteiger partial charge >= 0.3 is 174 Å². The molecule has 0 aromatic rings. The van der Waals surface area contributed by atoms with Crippen LogP contribution in [-0.4, -0.2) is 0 Å². The average molecular weight is 306 g/mol. The first-order chi connectivity index (χ1) is 3.71. The van der Waals surface area contributed by atoms with E-state index in [9.17, 15) is 23.5 Å². The molecule has 0 unspecified atom stereocenters. The quantitative estimate of drug-likeness (QED) is 0.462. The molecule has 0 aliphatic heterocycles. The summed E-state index contributed by atoms with van der Waals surface area (Å²) >= 11 is -12.4. The van der Waals surface area contributed by atoms with Crippen LogP contribution in [0.2, 0.25) is 0 Å². The van der Waals surface area contributed by atoms with Gasteiger partial charge in [-0.15, -0.1) is 0 Å². The zero-order valence-electron chi connectivity index (χ0n) is 7.75. The average Bonchev–Trinajstić information content (AvgIpc) is 1.14. The SMILES string of the molecule is [Na+].[Na+].[Na+].[Na+].[O]=[V]([O-])([O-])[O][V](=[O])([O-])[O-]. The van der Waals surface area contributed by atoms with Crippen LogP contribution in [0.4, 0.5) is 0 Å². The van der Waals surface area contributed by atoms with Gasteiger partial charge in [-0.05, 0) is 0 Å². The van der Waals surface area contributed by atoms with Gasteiger partial charge in [-0.25, -0.2) is 0 Å². The monoisotopic (exact) mass is 306 g/mol. The minimum absolute atomic E-state index is 0. The molecule has 0 radical (unpaired) electrons. The van der Waals surface area contributed by atoms with E-state index in [1.807, 2.05) is 0 Å². The Balaban J connectivity index is -0.0000000533. The van der Waals surface area contributed by atoms with Gasteiger partial charge in [0.15, 0.2) is 0 Å². The van der Waals surface area contributed by atoms with Gasteiger partial charge < -0.3 is 0 Å². The summed E-state index contributed by atoms with van der Waals surface area (Å²) in [5.74, 6) is 0. The Morgan fingerprint density at radius 1 is 0.692 bits per heavy atom. The molecule has 0 N–H and O–H groups in total. The molecule has 0 saturated carbocycles. The van der Waals surface area contributed by atoms with Gasteiger partial charge in [0.1, 0.15) is 0 Å². The fourth-order valence-electron chi connectivity index (χ4n) is 0.122. The van der Waals surface area contributed by atoms with Crippen LogP contribution in [0.15, 0.2) is 0 Å². The maximum atomic E-state index is 9.40. The summed E-state index contributed by atoms with van der Waals surface area (Å²) in [6.07, 6.45) is 0. The van der Waals surface area contributed by atoms with Crippen LogP contribution < -0.4 is 134 Å². The summed E-state index contributed by atoms with van der Waals surface area (Å²) in [4.78, 5) is 0. The number of hydrogen-bond donors (Lipinski definition) is 0. The molecule has 0 fully saturated rings. The van der Waals surface area contributed by atoms with E-state index in [1.165, 1.54) is 0 Å². The molecule has 0 aromatic carbocycles. The van der Waals surface area contributed by atoms with Crippen LogP contribution in [0.25, 0.3) is 0 Å². The molecule has 0 amide bonds. The van der Waals surface area contributed by atoms with Gasteiger partial charge in [-0.1, -0.05) is 0 Å². The van der Waals surface area contributed by atoms with Gasteiger partial charge in [0.2, 0.25) is 0 Å². The third kappa shape index (κ3) is 31.5. The molecular formula is Na4O7V2. The molecule has 0 atom stereocenters. The van der Waals surface area contributed by atoms with Gasteiger partial charge in [0.05, 0.1) is 0 Å². The van der Waals surface area contributed by atoms with Crippen molar-refractivity contribution < 1.29 is 174 Å². The van der Waals surface area contributed by atoms with Crippen LogP contribution in [0.5, 0.6) is 0 Å². The Morgan fingerprint density at radius 3 is 0.846 bits per heavy atom. The van der Waals surface area contributed by atoms with Gasteiger partial charge in [-0.2, -0.15) is 0 Å². The van der Waals surface area contributed by atoms with E-state index in [1.54, 1.807) is 0 Å². The molecule has 0 saturated heterocycles. The third-order valence-corrected chi connectivity index (χ3v) is 3.40. The Labute approximate surface area is 170 Å². The molecule has 0 rings (SSSR count). The zero-order chi connectivity index (χ0) is 7.71. The first-order valence-electron chi connectivity index (χ1n) is 1.46. The van der Waals surface area contributed by atoms with Crippen LogP contribution in [-0.2, 0) is 40.0 Å². The van der Waals surface area contributed by atoms with Crippen molar-refractivity contribution in [2.75, 3.05) is 0 Å². The summed E-state index contributed by atoms with van der Waals surface area (Å²) in [6, 6.07) is 0. The number of hydrogen-bond acceptors (Lipinski definition) is 7. The topological polar surface area (TPSA) is 136 Å². The van der Waals surface area contributed by atoms with Crippen LogP contribution in [0.3, 0.4) is 0 Å². The summed E-state index contributed by atoms with van der Waals surface area (Å²) in [5.41, 5.74) is 0. The van der Waals surface area contributed by atoms with Crippen molar-refractivity contribution in [3.05, 3.63) is 0 Å². The second kappa shape index (κ2) is 13.0. The second-order valence-corrected chi connectivity index (χ2v) is 5.08. The fourth-order valence-corrected chi connectivity index (χ4v) is 2.08. The summed E-state index contributed by atoms with van der Waals surface area (Å²) in [6.45, 7) is 0. The van der Waals surface area contributed by atoms with E-state index in [0.717, 1.165) is 0 Å². The van der Waals surface area contributed by atoms with Crippen LogP contribution >= 0.6 is 0 Å². The van der Waals surface area contributed by atoms with Crippen LogP contribution in [0, 0.1) is 0 Å². The van der Waals surface area contributed by atoms with Gasteiger partial charge in [0.25, 0.3) is 0 Å². The van der Waals surface area contributed by atoms with E-state index < -0.39 is 30.0 Å². The molecular weight excluding hydrogens is 306 g/mol. The summed E-state index contributed by atoms with van der Waals surface area (Å²) in [7, 11) is 0. The Bertz CT molecular complexity index is 159. The van der Waals surface area contributed by atoms with Crippen molar-refractivity contribution in [1.29, 1.82) is 0 Å². The van der Waals surface area contributed by atoms with E-state index in [-0.39, 0.29) is 118 Å². The Hall–Kier alpha value is 4.57. The Kier molecular flexibility index (Phi) is 30.6. The molecule has 0 bridgehead atoms. The maximum absolute atomic E-state index is 9.40. The molecule has 56 valence electrons. The van der Waals surface area contributed by atoms with E-state index in [4.69, 9.17) is 0 Å². The number of rotatable bonds is 2. The van der Waals surface area contributed by atoms with E-state index in [2.05, 4.69) is 2.59 Å². The minimum atomic E-state index is -6.21. The van der Waals surface area contributed by atoms with Crippen molar-refractivity contribution in [2.24, 2.45) is 0 Å². The normalized spacial score (nSPS) is 9.54. The standard InChI is InChI=1S/4Na.7O.2V/q4*+1;;;;4*-1;;. The molecule has 0 spiro atoms. The molecule has 0 heterocycles. The van der Waals surface area contributed by atoms with Crippen LogP contribution in [0.1, 0.15) is 0 Å². The first kappa shape index (κ1) is 30.5. The van der Waals surface area contributed by atoms with Crippen molar-refractivity contribution in [1.82, 2.24) is 0 Å². The summed E-state index contributed by atoms with van der Waals surface area (Å²) in [5, 5.41) is 0. The first-order valence-corrected chi connectivity index (χ1v) is 6.02. The van der Waals surface area contributed by atoms with Crippen molar-refractivity contribution in [2.45, 2.75) is 0 Å². The van der Waals surface area contributed by atoms with Gasteiger partial charge in [0, 0.05) is 0 Å². The van der Waals surface area contributed by atoms with E-state index >= 15 is 0 Å². The Morgan fingerprint density at radius 2 is 0.846 bits per heavy atom. The van der Waals surface area contributed by atoms with Gasteiger partial charge in [-0.3, -0.25) is 0 Å². The zero-order valence-corrected chi connectivity index (χ0v) is 18.5. The van der Waals surface area contributed by atoms with Crippen molar-refractivity contribution in [3.63, 3.8) is 0 Å².